The van der Waals surface area contributed by atoms with Crippen LogP contribution in [-0.2, 0) is 20.8 Å². The van der Waals surface area contributed by atoms with Gasteiger partial charge in [0.25, 0.3) is 0 Å². The fourth-order valence-electron chi connectivity index (χ4n) is 2.80. The minimum atomic E-state index is -0.566. The lowest BCUT2D eigenvalue weighted by atomic mass is 10.1. The van der Waals surface area contributed by atoms with Gasteiger partial charge in [-0.2, -0.15) is 0 Å². The third-order valence-electron chi connectivity index (χ3n) is 4.04. The molecule has 0 radical (unpaired) electrons. The Hall–Kier alpha value is -2.08. The zero-order valence-electron chi connectivity index (χ0n) is 11.9. The molecule has 7 heteroatoms. The summed E-state index contributed by atoms with van der Waals surface area (Å²) in [6, 6.07) is 6.55. The van der Waals surface area contributed by atoms with Crippen molar-refractivity contribution in [2.24, 2.45) is 0 Å². The van der Waals surface area contributed by atoms with Crippen LogP contribution in [0.2, 0.25) is 5.02 Å². The summed E-state index contributed by atoms with van der Waals surface area (Å²) in [6.45, 7) is 1.17. The Kier molecular flexibility index (Phi) is 4.02. The van der Waals surface area contributed by atoms with E-state index in [2.05, 4.69) is 5.32 Å². The van der Waals surface area contributed by atoms with Gasteiger partial charge in [0, 0.05) is 18.1 Å². The minimum absolute atomic E-state index is 0.0483. The fourth-order valence-corrected chi connectivity index (χ4v) is 2.93. The first-order valence-electron chi connectivity index (χ1n) is 7.14. The van der Waals surface area contributed by atoms with E-state index in [4.69, 9.17) is 11.6 Å². The van der Waals surface area contributed by atoms with E-state index in [1.165, 1.54) is 0 Å². The first kappa shape index (κ1) is 14.8. The summed E-state index contributed by atoms with van der Waals surface area (Å²) in [5.74, 6) is -0.328. The van der Waals surface area contributed by atoms with Gasteiger partial charge >= 0.3 is 0 Å². The standard InChI is InChI=1S/C15H16ClN3O3/c16-11-3-1-10(2-4-11)7-13(20)18-5-6-19-12(9-18)15(22)17-8-14(19)21/h1-4,12H,5-9H2,(H,17,22). The number of carbonyl (C=O) groups excluding carboxylic acids is 3. The normalized spacial score (nSPS) is 21.4. The number of halogens is 1. The van der Waals surface area contributed by atoms with E-state index in [0.717, 1.165) is 5.56 Å². The van der Waals surface area contributed by atoms with Crippen molar-refractivity contribution >= 4 is 29.3 Å². The average Bonchev–Trinajstić information content (AvgIpc) is 2.53. The quantitative estimate of drug-likeness (QED) is 0.837. The van der Waals surface area contributed by atoms with Gasteiger partial charge in [-0.15, -0.1) is 0 Å². The third-order valence-corrected chi connectivity index (χ3v) is 4.29. The Morgan fingerprint density at radius 1 is 1.23 bits per heavy atom. The van der Waals surface area contributed by atoms with Crippen molar-refractivity contribution in [3.63, 3.8) is 0 Å². The van der Waals surface area contributed by atoms with E-state index >= 15 is 0 Å². The van der Waals surface area contributed by atoms with Gasteiger partial charge in [0.05, 0.1) is 19.5 Å². The minimum Gasteiger partial charge on any atom is -0.345 e. The number of piperazine rings is 2. The van der Waals surface area contributed by atoms with E-state index < -0.39 is 6.04 Å². The number of rotatable bonds is 2. The van der Waals surface area contributed by atoms with Crippen LogP contribution in [0.1, 0.15) is 5.56 Å². The van der Waals surface area contributed by atoms with E-state index in [9.17, 15) is 14.4 Å². The number of hydrogen-bond acceptors (Lipinski definition) is 3. The molecule has 3 rings (SSSR count). The van der Waals surface area contributed by atoms with Crippen molar-refractivity contribution in [3.05, 3.63) is 34.9 Å². The molecule has 2 aliphatic rings. The molecule has 1 N–H and O–H groups in total. The van der Waals surface area contributed by atoms with Crippen LogP contribution in [0.25, 0.3) is 0 Å². The maximum atomic E-state index is 12.4. The predicted molar refractivity (Wildman–Crippen MR) is 80.2 cm³/mol. The Labute approximate surface area is 133 Å². The van der Waals surface area contributed by atoms with Gasteiger partial charge in [0.15, 0.2) is 0 Å². The molecule has 116 valence electrons. The number of nitrogens with one attached hydrogen (secondary N) is 1. The highest BCUT2D eigenvalue weighted by Crippen LogP contribution is 2.16. The van der Waals surface area contributed by atoms with Crippen LogP contribution in [0.5, 0.6) is 0 Å². The number of amides is 3. The summed E-state index contributed by atoms with van der Waals surface area (Å²) in [6.07, 6.45) is 0.263. The molecule has 22 heavy (non-hydrogen) atoms. The topological polar surface area (TPSA) is 69.7 Å². The molecule has 2 fully saturated rings. The molecule has 2 heterocycles. The molecule has 0 aromatic heterocycles. The highest BCUT2D eigenvalue weighted by molar-refractivity contribution is 6.30. The molecule has 1 atom stereocenters. The number of carbonyl (C=O) groups is 3. The molecule has 1 aromatic rings. The van der Waals surface area contributed by atoms with Crippen LogP contribution in [-0.4, -0.2) is 59.7 Å². The van der Waals surface area contributed by atoms with Gasteiger partial charge in [0.1, 0.15) is 6.04 Å². The summed E-state index contributed by atoms with van der Waals surface area (Å²) in [7, 11) is 0. The van der Waals surface area contributed by atoms with Gasteiger partial charge in [-0.25, -0.2) is 0 Å². The van der Waals surface area contributed by atoms with Crippen LogP contribution in [0.3, 0.4) is 0 Å². The van der Waals surface area contributed by atoms with Crippen molar-refractivity contribution in [2.75, 3.05) is 26.2 Å². The molecule has 1 aromatic carbocycles. The molecule has 1 unspecified atom stereocenters. The van der Waals surface area contributed by atoms with Crippen LogP contribution in [0.15, 0.2) is 24.3 Å². The van der Waals surface area contributed by atoms with Crippen LogP contribution >= 0.6 is 11.6 Å². The van der Waals surface area contributed by atoms with Gasteiger partial charge in [-0.3, -0.25) is 14.4 Å². The first-order chi connectivity index (χ1) is 10.5. The molecular formula is C15H16ClN3O3. The monoisotopic (exact) mass is 321 g/mol. The van der Waals surface area contributed by atoms with E-state index in [1.807, 2.05) is 12.1 Å². The van der Waals surface area contributed by atoms with E-state index in [0.29, 0.717) is 18.1 Å². The van der Waals surface area contributed by atoms with Crippen molar-refractivity contribution < 1.29 is 14.4 Å². The Morgan fingerprint density at radius 3 is 2.68 bits per heavy atom. The molecule has 3 amide bonds. The fraction of sp³-hybridized carbons (Fsp3) is 0.400. The lowest BCUT2D eigenvalue weighted by molar-refractivity contribution is -0.152. The van der Waals surface area contributed by atoms with Crippen LogP contribution < -0.4 is 5.32 Å². The summed E-state index contributed by atoms with van der Waals surface area (Å²) in [5.41, 5.74) is 0.876. The first-order valence-corrected chi connectivity index (χ1v) is 7.52. The second-order valence-electron chi connectivity index (χ2n) is 5.46. The molecule has 6 nitrogen and oxygen atoms in total. The molecule has 0 spiro atoms. The largest absolute Gasteiger partial charge is 0.345 e. The second kappa shape index (κ2) is 5.96. The lowest BCUT2D eigenvalue weighted by Gasteiger charge is -2.42. The number of nitrogens with zero attached hydrogens (tertiary/aromatic N) is 2. The van der Waals surface area contributed by atoms with Crippen molar-refractivity contribution in [3.8, 4) is 0 Å². The molecule has 2 saturated heterocycles. The van der Waals surface area contributed by atoms with Gasteiger partial charge in [-0.1, -0.05) is 23.7 Å². The summed E-state index contributed by atoms with van der Waals surface area (Å²) < 4.78 is 0. The maximum absolute atomic E-state index is 12.4. The molecule has 2 aliphatic heterocycles. The van der Waals surface area contributed by atoms with Gasteiger partial charge in [0.2, 0.25) is 17.7 Å². The Balaban J connectivity index is 1.65. The Bertz CT molecular complexity index is 617. The summed E-state index contributed by atoms with van der Waals surface area (Å²) in [4.78, 5) is 39.2. The highest BCUT2D eigenvalue weighted by atomic mass is 35.5. The number of benzene rings is 1. The number of fused-ring (bicyclic) bond motifs is 1. The smallest absolute Gasteiger partial charge is 0.245 e. The SMILES string of the molecule is O=C1NCC(=O)N2CCN(C(=O)Cc3ccc(Cl)cc3)CC12. The van der Waals surface area contributed by atoms with E-state index in [-0.39, 0.29) is 37.2 Å². The van der Waals surface area contributed by atoms with Crippen LogP contribution in [0, 0.1) is 0 Å². The van der Waals surface area contributed by atoms with Crippen molar-refractivity contribution in [2.45, 2.75) is 12.5 Å². The van der Waals surface area contributed by atoms with Gasteiger partial charge in [-0.05, 0) is 17.7 Å². The molecule has 0 bridgehead atoms. The summed E-state index contributed by atoms with van der Waals surface area (Å²) in [5, 5.41) is 3.19. The molecular weight excluding hydrogens is 306 g/mol. The van der Waals surface area contributed by atoms with Gasteiger partial charge < -0.3 is 15.1 Å². The van der Waals surface area contributed by atoms with Crippen molar-refractivity contribution in [1.29, 1.82) is 0 Å². The lowest BCUT2D eigenvalue weighted by Crippen LogP contribution is -2.66. The van der Waals surface area contributed by atoms with Crippen LogP contribution in [0.4, 0.5) is 0 Å². The average molecular weight is 322 g/mol. The predicted octanol–water partition coefficient (Wildman–Crippen LogP) is 0.0517. The van der Waals surface area contributed by atoms with Crippen molar-refractivity contribution in [1.82, 2.24) is 15.1 Å². The maximum Gasteiger partial charge on any atom is 0.245 e. The third kappa shape index (κ3) is 2.92. The number of hydrogen-bond donors (Lipinski definition) is 1. The molecule has 0 saturated carbocycles. The van der Waals surface area contributed by atoms with E-state index in [1.54, 1.807) is 21.9 Å². The summed E-state index contributed by atoms with van der Waals surface area (Å²) >= 11 is 5.83. The zero-order valence-corrected chi connectivity index (χ0v) is 12.7. The second-order valence-corrected chi connectivity index (χ2v) is 5.90. The molecule has 0 aliphatic carbocycles. The highest BCUT2D eigenvalue weighted by Gasteiger charge is 2.39. The zero-order chi connectivity index (χ0) is 15.7. The Morgan fingerprint density at radius 2 is 1.95 bits per heavy atom.